The van der Waals surface area contributed by atoms with Crippen LogP contribution in [-0.4, -0.2) is 43.5 Å². The van der Waals surface area contributed by atoms with Crippen molar-refractivity contribution in [1.82, 2.24) is 24.5 Å². The largest absolute Gasteiger partial charge is 0.336 e. The molecular formula is C17H21N5OS. The third-order valence-electron chi connectivity index (χ3n) is 4.70. The van der Waals surface area contributed by atoms with E-state index in [4.69, 9.17) is 0 Å². The molecule has 1 fully saturated rings. The fraction of sp³-hybridized carbons (Fsp3) is 0.471. The molecule has 0 radical (unpaired) electrons. The van der Waals surface area contributed by atoms with Crippen molar-refractivity contribution < 1.29 is 4.79 Å². The van der Waals surface area contributed by atoms with Gasteiger partial charge in [-0.1, -0.05) is 0 Å². The maximum Gasteiger partial charge on any atom is 0.264 e. The van der Waals surface area contributed by atoms with E-state index in [1.54, 1.807) is 0 Å². The second-order valence-corrected chi connectivity index (χ2v) is 7.61. The molecule has 1 amide bonds. The first-order chi connectivity index (χ1) is 11.5. The monoisotopic (exact) mass is 343 g/mol. The number of piperidine rings is 1. The lowest BCUT2D eigenvalue weighted by atomic mass is 10.1. The summed E-state index contributed by atoms with van der Waals surface area (Å²) < 4.78 is 3.87. The molecule has 4 rings (SSSR count). The number of likely N-dealkylation sites (tertiary alicyclic amines) is 1. The standard InChI is InChI=1S/C17H21N5OS/c1-11-8-18-22(9-11)13-5-4-6-21(10-13)16(23)15-7-14-12(2)19-20(3)17(14)24-15/h7-9,13H,4-6,10H2,1-3H3. The Morgan fingerprint density at radius 2 is 2.21 bits per heavy atom. The van der Waals surface area contributed by atoms with E-state index in [0.717, 1.165) is 52.3 Å². The molecule has 126 valence electrons. The molecule has 7 heteroatoms. The Balaban J connectivity index is 1.57. The topological polar surface area (TPSA) is 56.0 Å². The lowest BCUT2D eigenvalue weighted by Crippen LogP contribution is -2.40. The molecule has 0 aromatic carbocycles. The van der Waals surface area contributed by atoms with Crippen LogP contribution in [0.5, 0.6) is 0 Å². The van der Waals surface area contributed by atoms with Gasteiger partial charge in [0.2, 0.25) is 0 Å². The first kappa shape index (κ1) is 15.4. The number of fused-ring (bicyclic) bond motifs is 1. The van der Waals surface area contributed by atoms with Gasteiger partial charge in [0.15, 0.2) is 0 Å². The Hall–Kier alpha value is -2.15. The summed E-state index contributed by atoms with van der Waals surface area (Å²) in [6, 6.07) is 2.26. The highest BCUT2D eigenvalue weighted by atomic mass is 32.1. The molecule has 1 aliphatic rings. The van der Waals surface area contributed by atoms with Crippen molar-refractivity contribution in [2.75, 3.05) is 13.1 Å². The molecule has 3 aromatic heterocycles. The van der Waals surface area contributed by atoms with Crippen LogP contribution in [0.3, 0.4) is 0 Å². The van der Waals surface area contributed by atoms with Gasteiger partial charge in [-0.05, 0) is 38.3 Å². The molecular weight excluding hydrogens is 322 g/mol. The predicted octanol–water partition coefficient (Wildman–Crippen LogP) is 2.93. The molecule has 4 heterocycles. The maximum absolute atomic E-state index is 12.9. The van der Waals surface area contributed by atoms with Crippen LogP contribution in [0, 0.1) is 13.8 Å². The first-order valence-electron chi connectivity index (χ1n) is 8.26. The van der Waals surface area contributed by atoms with E-state index in [1.807, 2.05) is 47.4 Å². The van der Waals surface area contributed by atoms with Crippen LogP contribution in [0.25, 0.3) is 10.2 Å². The van der Waals surface area contributed by atoms with Crippen molar-refractivity contribution in [2.24, 2.45) is 7.05 Å². The smallest absolute Gasteiger partial charge is 0.264 e. The van der Waals surface area contributed by atoms with Crippen molar-refractivity contribution in [3.05, 3.63) is 34.6 Å². The van der Waals surface area contributed by atoms with E-state index < -0.39 is 0 Å². The third-order valence-corrected chi connectivity index (χ3v) is 5.89. The van der Waals surface area contributed by atoms with Crippen LogP contribution < -0.4 is 0 Å². The number of carbonyl (C=O) groups is 1. The van der Waals surface area contributed by atoms with Gasteiger partial charge in [-0.15, -0.1) is 11.3 Å². The van der Waals surface area contributed by atoms with E-state index in [2.05, 4.69) is 16.4 Å². The number of aryl methyl sites for hydroxylation is 3. The minimum atomic E-state index is 0.129. The van der Waals surface area contributed by atoms with E-state index in [0.29, 0.717) is 0 Å². The van der Waals surface area contributed by atoms with Gasteiger partial charge in [0, 0.05) is 31.7 Å². The number of hydrogen-bond acceptors (Lipinski definition) is 4. The SMILES string of the molecule is Cc1cnn(C2CCCN(C(=O)c3cc4c(C)nn(C)c4s3)C2)c1. The van der Waals surface area contributed by atoms with Gasteiger partial charge >= 0.3 is 0 Å². The normalized spacial score (nSPS) is 18.5. The van der Waals surface area contributed by atoms with Crippen LogP contribution in [0.15, 0.2) is 18.5 Å². The maximum atomic E-state index is 12.9. The van der Waals surface area contributed by atoms with E-state index in [-0.39, 0.29) is 11.9 Å². The quantitative estimate of drug-likeness (QED) is 0.719. The molecule has 1 unspecified atom stereocenters. The zero-order valence-corrected chi connectivity index (χ0v) is 15.0. The van der Waals surface area contributed by atoms with E-state index in [9.17, 15) is 4.79 Å². The zero-order valence-electron chi connectivity index (χ0n) is 14.2. The molecule has 6 nitrogen and oxygen atoms in total. The molecule has 0 bridgehead atoms. The molecule has 3 aromatic rings. The van der Waals surface area contributed by atoms with E-state index >= 15 is 0 Å². The lowest BCUT2D eigenvalue weighted by Gasteiger charge is -2.32. The number of rotatable bonds is 2. The Bertz CT molecular complexity index is 871. The van der Waals surface area contributed by atoms with Gasteiger partial charge in [0.05, 0.1) is 22.8 Å². The fourth-order valence-electron chi connectivity index (χ4n) is 3.45. The van der Waals surface area contributed by atoms with Gasteiger partial charge in [0.1, 0.15) is 4.83 Å². The molecule has 0 aliphatic carbocycles. The van der Waals surface area contributed by atoms with E-state index in [1.165, 1.54) is 11.3 Å². The van der Waals surface area contributed by atoms with Gasteiger partial charge in [-0.25, -0.2) is 0 Å². The number of thiophene rings is 1. The van der Waals surface area contributed by atoms with Crippen LogP contribution >= 0.6 is 11.3 Å². The van der Waals surface area contributed by atoms with Crippen molar-refractivity contribution in [2.45, 2.75) is 32.7 Å². The summed E-state index contributed by atoms with van der Waals surface area (Å²) in [6.45, 7) is 5.58. The summed E-state index contributed by atoms with van der Waals surface area (Å²) in [7, 11) is 1.93. The van der Waals surface area contributed by atoms with Crippen molar-refractivity contribution in [3.8, 4) is 0 Å². The van der Waals surface area contributed by atoms with Gasteiger partial charge in [-0.3, -0.25) is 14.2 Å². The van der Waals surface area contributed by atoms with Gasteiger partial charge in [0.25, 0.3) is 5.91 Å². The fourth-order valence-corrected chi connectivity index (χ4v) is 4.55. The average Bonchev–Trinajstić information content (AvgIpc) is 3.25. The zero-order chi connectivity index (χ0) is 16.8. The second kappa shape index (κ2) is 5.73. The Kier molecular flexibility index (Phi) is 3.68. The van der Waals surface area contributed by atoms with Gasteiger partial charge in [-0.2, -0.15) is 10.2 Å². The number of aromatic nitrogens is 4. The molecule has 24 heavy (non-hydrogen) atoms. The van der Waals surface area contributed by atoms with Crippen LogP contribution in [0.1, 0.15) is 39.8 Å². The second-order valence-electron chi connectivity index (χ2n) is 6.58. The van der Waals surface area contributed by atoms with Crippen LogP contribution in [-0.2, 0) is 7.05 Å². The number of carbonyl (C=O) groups excluding carboxylic acids is 1. The summed E-state index contributed by atoms with van der Waals surface area (Å²) in [4.78, 5) is 16.8. The van der Waals surface area contributed by atoms with Crippen LogP contribution in [0.4, 0.5) is 0 Å². The summed E-state index contributed by atoms with van der Waals surface area (Å²) >= 11 is 1.53. The molecule has 1 saturated heterocycles. The predicted molar refractivity (Wildman–Crippen MR) is 94.5 cm³/mol. The summed E-state index contributed by atoms with van der Waals surface area (Å²) in [5.74, 6) is 0.129. The van der Waals surface area contributed by atoms with Crippen molar-refractivity contribution in [1.29, 1.82) is 0 Å². The summed E-state index contributed by atoms with van der Waals surface area (Å²) in [5, 5.41) is 9.92. The lowest BCUT2D eigenvalue weighted by molar-refractivity contribution is 0.0678. The Labute approximate surface area is 144 Å². The average molecular weight is 343 g/mol. The highest BCUT2D eigenvalue weighted by molar-refractivity contribution is 7.20. The third kappa shape index (κ3) is 2.53. The highest BCUT2D eigenvalue weighted by Gasteiger charge is 2.27. The minimum absolute atomic E-state index is 0.129. The number of nitrogens with zero attached hydrogens (tertiary/aromatic N) is 5. The summed E-state index contributed by atoms with van der Waals surface area (Å²) in [6.07, 6.45) is 6.02. The Morgan fingerprint density at radius 1 is 1.38 bits per heavy atom. The highest BCUT2D eigenvalue weighted by Crippen LogP contribution is 2.30. The molecule has 1 atom stereocenters. The number of amides is 1. The van der Waals surface area contributed by atoms with Crippen molar-refractivity contribution in [3.63, 3.8) is 0 Å². The van der Waals surface area contributed by atoms with Crippen LogP contribution in [0.2, 0.25) is 0 Å². The molecule has 0 saturated carbocycles. The molecule has 0 N–H and O–H groups in total. The van der Waals surface area contributed by atoms with Gasteiger partial charge < -0.3 is 4.90 Å². The van der Waals surface area contributed by atoms with Crippen molar-refractivity contribution >= 4 is 27.5 Å². The number of hydrogen-bond donors (Lipinski definition) is 0. The summed E-state index contributed by atoms with van der Waals surface area (Å²) in [5.41, 5.74) is 2.14. The molecule has 0 spiro atoms. The first-order valence-corrected chi connectivity index (χ1v) is 9.08. The molecule has 1 aliphatic heterocycles. The Morgan fingerprint density at radius 3 is 2.92 bits per heavy atom. The minimum Gasteiger partial charge on any atom is -0.336 e.